The van der Waals surface area contributed by atoms with E-state index in [1.807, 2.05) is 18.2 Å². The Morgan fingerprint density at radius 1 is 0.923 bits per heavy atom. The summed E-state index contributed by atoms with van der Waals surface area (Å²) < 4.78 is 31.8. The maximum atomic E-state index is 13.3. The number of hydrogen-bond acceptors (Lipinski definition) is 2. The van der Waals surface area contributed by atoms with Gasteiger partial charge in [-0.2, -0.15) is 0 Å². The fourth-order valence-electron chi connectivity index (χ4n) is 2.73. The van der Waals surface area contributed by atoms with Crippen LogP contribution in [0.25, 0.3) is 0 Å². The van der Waals surface area contributed by atoms with E-state index in [0.717, 1.165) is 28.9 Å². The monoisotopic (exact) mass is 361 g/mol. The van der Waals surface area contributed by atoms with E-state index in [2.05, 4.69) is 33.0 Å². The average Bonchev–Trinajstić information content (AvgIpc) is 2.57. The van der Waals surface area contributed by atoms with Crippen LogP contribution in [0.15, 0.2) is 36.4 Å². The molecule has 0 fully saturated rings. The molecular formula is C21H25F2NO2. The van der Waals surface area contributed by atoms with E-state index in [1.165, 1.54) is 6.07 Å². The molecule has 0 aliphatic heterocycles. The van der Waals surface area contributed by atoms with Crippen molar-refractivity contribution in [2.45, 2.75) is 52.6 Å². The lowest BCUT2D eigenvalue weighted by molar-refractivity contribution is -0.122. The number of ether oxygens (including phenoxy) is 1. The lowest BCUT2D eigenvalue weighted by atomic mass is 9.92. The molecule has 26 heavy (non-hydrogen) atoms. The van der Waals surface area contributed by atoms with E-state index in [-0.39, 0.29) is 23.5 Å². The minimum Gasteiger partial charge on any atom is -0.481 e. The first-order valence-electron chi connectivity index (χ1n) is 8.76. The van der Waals surface area contributed by atoms with Crippen molar-refractivity contribution >= 4 is 11.6 Å². The van der Waals surface area contributed by atoms with Crippen LogP contribution in [-0.2, 0) is 4.79 Å². The highest BCUT2D eigenvalue weighted by atomic mass is 19.2. The van der Waals surface area contributed by atoms with Gasteiger partial charge in [0.25, 0.3) is 5.91 Å². The summed E-state index contributed by atoms with van der Waals surface area (Å²) in [6, 6.07) is 9.17. The quantitative estimate of drug-likeness (QED) is 0.725. The summed E-state index contributed by atoms with van der Waals surface area (Å²) in [6.45, 7) is 9.84. The highest BCUT2D eigenvalue weighted by molar-refractivity contribution is 5.95. The van der Waals surface area contributed by atoms with Crippen molar-refractivity contribution < 1.29 is 18.3 Å². The van der Waals surface area contributed by atoms with E-state index in [0.29, 0.717) is 0 Å². The lowest BCUT2D eigenvalue weighted by Gasteiger charge is -2.22. The van der Waals surface area contributed by atoms with Crippen LogP contribution >= 0.6 is 0 Å². The molecule has 2 rings (SSSR count). The van der Waals surface area contributed by atoms with Crippen molar-refractivity contribution in [3.8, 4) is 5.75 Å². The molecule has 140 valence electrons. The van der Waals surface area contributed by atoms with Gasteiger partial charge in [0.05, 0.1) is 0 Å². The van der Waals surface area contributed by atoms with E-state index < -0.39 is 17.7 Å². The number of para-hydroxylation sites is 1. The summed E-state index contributed by atoms with van der Waals surface area (Å²) in [5, 5.41) is 2.96. The van der Waals surface area contributed by atoms with E-state index in [9.17, 15) is 13.6 Å². The number of rotatable bonds is 6. The van der Waals surface area contributed by atoms with Crippen LogP contribution in [0.3, 0.4) is 0 Å². The zero-order chi connectivity index (χ0) is 19.4. The molecule has 0 aliphatic carbocycles. The Morgan fingerprint density at radius 3 is 2.00 bits per heavy atom. The highest BCUT2D eigenvalue weighted by Gasteiger charge is 2.20. The Hall–Kier alpha value is -2.43. The first-order chi connectivity index (χ1) is 12.2. The standard InChI is InChI=1S/C21H25F2NO2/c1-12(2)16-7-6-8-17(13(3)4)20(16)24-21(25)14(5)26-15-9-10-18(22)19(23)11-15/h6-14H,1-5H3,(H,24,25). The van der Waals surface area contributed by atoms with Crippen LogP contribution in [0.1, 0.15) is 57.6 Å². The average molecular weight is 361 g/mol. The molecule has 2 aromatic rings. The fourth-order valence-corrected chi connectivity index (χ4v) is 2.73. The predicted molar refractivity (Wildman–Crippen MR) is 99.7 cm³/mol. The van der Waals surface area contributed by atoms with Gasteiger partial charge in [0.1, 0.15) is 5.75 Å². The van der Waals surface area contributed by atoms with Crippen molar-refractivity contribution in [1.82, 2.24) is 0 Å². The number of anilines is 1. The van der Waals surface area contributed by atoms with Crippen molar-refractivity contribution in [3.63, 3.8) is 0 Å². The van der Waals surface area contributed by atoms with E-state index in [1.54, 1.807) is 6.92 Å². The number of nitrogens with one attached hydrogen (secondary N) is 1. The van der Waals surface area contributed by atoms with Crippen LogP contribution in [0.2, 0.25) is 0 Å². The molecule has 1 amide bonds. The SMILES string of the molecule is CC(Oc1ccc(F)c(F)c1)C(=O)Nc1c(C(C)C)cccc1C(C)C. The third kappa shape index (κ3) is 4.59. The molecule has 0 aliphatic rings. The molecule has 0 radical (unpaired) electrons. The van der Waals surface area contributed by atoms with Gasteiger partial charge in [0.15, 0.2) is 17.7 Å². The number of carbonyl (C=O) groups excluding carboxylic acids is 1. The second-order valence-electron chi connectivity index (χ2n) is 6.95. The smallest absolute Gasteiger partial charge is 0.265 e. The summed E-state index contributed by atoms with van der Waals surface area (Å²) in [4.78, 5) is 12.6. The van der Waals surface area contributed by atoms with Crippen LogP contribution in [0.4, 0.5) is 14.5 Å². The molecule has 1 unspecified atom stereocenters. The molecule has 3 nitrogen and oxygen atoms in total. The van der Waals surface area contributed by atoms with Crippen molar-refractivity contribution in [3.05, 3.63) is 59.2 Å². The predicted octanol–water partition coefficient (Wildman–Crippen LogP) is 5.62. The molecule has 1 N–H and O–H groups in total. The Bertz CT molecular complexity index is 761. The fraction of sp³-hybridized carbons (Fsp3) is 0.381. The van der Waals surface area contributed by atoms with Gasteiger partial charge in [0.2, 0.25) is 0 Å². The normalized spacial score (nSPS) is 12.3. The molecular weight excluding hydrogens is 336 g/mol. The summed E-state index contributed by atoms with van der Waals surface area (Å²) >= 11 is 0. The van der Waals surface area contributed by atoms with Crippen LogP contribution in [0, 0.1) is 11.6 Å². The Morgan fingerprint density at radius 2 is 1.50 bits per heavy atom. The Labute approximate surface area is 153 Å². The topological polar surface area (TPSA) is 38.3 Å². The number of halogens is 2. The number of amides is 1. The van der Waals surface area contributed by atoms with Gasteiger partial charge in [-0.15, -0.1) is 0 Å². The summed E-state index contributed by atoms with van der Waals surface area (Å²) in [6.07, 6.45) is -0.861. The van der Waals surface area contributed by atoms with Crippen molar-refractivity contribution in [2.75, 3.05) is 5.32 Å². The first kappa shape index (κ1) is 19.9. The minimum atomic E-state index is -1.01. The van der Waals surface area contributed by atoms with Crippen LogP contribution in [-0.4, -0.2) is 12.0 Å². The molecule has 0 heterocycles. The van der Waals surface area contributed by atoms with Gasteiger partial charge in [-0.1, -0.05) is 45.9 Å². The maximum Gasteiger partial charge on any atom is 0.265 e. The zero-order valence-corrected chi connectivity index (χ0v) is 15.8. The van der Waals surface area contributed by atoms with Gasteiger partial charge in [-0.05, 0) is 42.0 Å². The number of hydrogen-bond donors (Lipinski definition) is 1. The van der Waals surface area contributed by atoms with E-state index >= 15 is 0 Å². The lowest BCUT2D eigenvalue weighted by Crippen LogP contribution is -2.31. The third-order valence-corrected chi connectivity index (χ3v) is 4.19. The summed E-state index contributed by atoms with van der Waals surface area (Å²) in [7, 11) is 0. The molecule has 0 saturated heterocycles. The minimum absolute atomic E-state index is 0.104. The van der Waals surface area contributed by atoms with Gasteiger partial charge >= 0.3 is 0 Å². The van der Waals surface area contributed by atoms with Crippen LogP contribution in [0.5, 0.6) is 5.75 Å². The zero-order valence-electron chi connectivity index (χ0n) is 15.8. The molecule has 0 spiro atoms. The van der Waals surface area contributed by atoms with Crippen molar-refractivity contribution in [1.29, 1.82) is 0 Å². The third-order valence-electron chi connectivity index (χ3n) is 4.19. The van der Waals surface area contributed by atoms with Gasteiger partial charge in [-0.25, -0.2) is 8.78 Å². The molecule has 0 aromatic heterocycles. The second-order valence-corrected chi connectivity index (χ2v) is 6.95. The van der Waals surface area contributed by atoms with Gasteiger partial charge in [-0.3, -0.25) is 4.79 Å². The Balaban J connectivity index is 2.21. The van der Waals surface area contributed by atoms with Crippen LogP contribution < -0.4 is 10.1 Å². The molecule has 0 bridgehead atoms. The first-order valence-corrected chi connectivity index (χ1v) is 8.76. The Kier molecular flexibility index (Phi) is 6.35. The second kappa shape index (κ2) is 8.30. The molecule has 0 saturated carbocycles. The van der Waals surface area contributed by atoms with Crippen molar-refractivity contribution in [2.24, 2.45) is 0 Å². The molecule has 1 atom stereocenters. The van der Waals surface area contributed by atoms with Gasteiger partial charge in [0, 0.05) is 11.8 Å². The summed E-state index contributed by atoms with van der Waals surface area (Å²) in [5.41, 5.74) is 2.89. The highest BCUT2D eigenvalue weighted by Crippen LogP contribution is 2.32. The number of carbonyl (C=O) groups is 1. The largest absolute Gasteiger partial charge is 0.481 e. The maximum absolute atomic E-state index is 13.3. The number of benzene rings is 2. The van der Waals surface area contributed by atoms with E-state index in [4.69, 9.17) is 4.74 Å². The summed E-state index contributed by atoms with van der Waals surface area (Å²) in [5.74, 6) is -1.72. The van der Waals surface area contributed by atoms with Gasteiger partial charge < -0.3 is 10.1 Å². The molecule has 2 aromatic carbocycles. The molecule has 5 heteroatoms.